The maximum absolute atomic E-state index is 6.23. The van der Waals surface area contributed by atoms with Gasteiger partial charge in [0.25, 0.3) is 0 Å². The second-order valence-electron chi connectivity index (χ2n) is 9.25. The van der Waals surface area contributed by atoms with Crippen LogP contribution in [0, 0.1) is 0 Å². The molecule has 0 N–H and O–H groups in total. The van der Waals surface area contributed by atoms with Crippen molar-refractivity contribution in [3.05, 3.63) is 59.7 Å². The minimum atomic E-state index is -1.42. The normalized spacial score (nSPS) is 11.0. The van der Waals surface area contributed by atoms with Gasteiger partial charge in [-0.1, -0.05) is 0 Å². The van der Waals surface area contributed by atoms with Gasteiger partial charge in [-0.25, -0.2) is 0 Å². The average Bonchev–Trinajstić information content (AvgIpc) is 2.84. The number of rotatable bonds is 20. The maximum atomic E-state index is 6.23. The van der Waals surface area contributed by atoms with Crippen molar-refractivity contribution in [1.29, 1.82) is 0 Å². The van der Waals surface area contributed by atoms with E-state index in [1.54, 1.807) is 0 Å². The zero-order chi connectivity index (χ0) is 23.4. The Morgan fingerprint density at radius 1 is 0.485 bits per heavy atom. The van der Waals surface area contributed by atoms with E-state index in [4.69, 9.17) is 6.15 Å². The van der Waals surface area contributed by atoms with Gasteiger partial charge in [-0.3, -0.25) is 0 Å². The molecule has 3 heteroatoms. The van der Waals surface area contributed by atoms with E-state index in [9.17, 15) is 0 Å². The molecule has 0 aliphatic rings. The molecule has 0 saturated carbocycles. The molecule has 0 bridgehead atoms. The molecule has 0 heterocycles. The topological polar surface area (TPSA) is 18.5 Å². The van der Waals surface area contributed by atoms with Crippen molar-refractivity contribution in [3.8, 4) is 11.5 Å². The van der Waals surface area contributed by atoms with Crippen LogP contribution in [0.25, 0.3) is 0 Å². The minimum absolute atomic E-state index is 1.04. The van der Waals surface area contributed by atoms with E-state index in [0.717, 1.165) is 24.3 Å². The van der Waals surface area contributed by atoms with Gasteiger partial charge in [-0.15, -0.1) is 0 Å². The number of unbranched alkanes of at least 4 members (excludes halogenated alkanes) is 12. The van der Waals surface area contributed by atoms with Crippen LogP contribution in [0.2, 0.25) is 0 Å². The van der Waals surface area contributed by atoms with Crippen LogP contribution in [0.3, 0.4) is 0 Å². The second kappa shape index (κ2) is 19.2. The van der Waals surface area contributed by atoms with Crippen LogP contribution in [0.4, 0.5) is 0 Å². The fourth-order valence-electron chi connectivity index (χ4n) is 4.28. The molecule has 0 spiro atoms. The second-order valence-corrected chi connectivity index (χ2v) is 10.9. The number of hydrogen-bond acceptors (Lipinski definition) is 2. The third kappa shape index (κ3) is 12.8. The summed E-state index contributed by atoms with van der Waals surface area (Å²) in [5, 5.41) is 0. The molecular formula is C30H46O2Sn. The molecular weight excluding hydrogens is 511 g/mol. The van der Waals surface area contributed by atoms with Crippen molar-refractivity contribution < 1.29 is 6.15 Å². The van der Waals surface area contributed by atoms with Crippen LogP contribution in [-0.4, -0.2) is 22.0 Å². The molecule has 0 atom stereocenters. The Morgan fingerprint density at radius 2 is 0.848 bits per heavy atom. The molecule has 2 nitrogen and oxygen atoms in total. The van der Waals surface area contributed by atoms with Gasteiger partial charge in [0, 0.05) is 0 Å². The Kier molecular flexibility index (Phi) is 16.3. The Balaban J connectivity index is 1.71. The van der Waals surface area contributed by atoms with E-state index in [0.29, 0.717) is 0 Å². The first-order valence-corrected chi connectivity index (χ1v) is 15.9. The first kappa shape index (κ1) is 28.1. The van der Waals surface area contributed by atoms with E-state index >= 15 is 0 Å². The summed E-state index contributed by atoms with van der Waals surface area (Å²) in [4.78, 5) is 0. The molecule has 0 fully saturated rings. The predicted molar refractivity (Wildman–Crippen MR) is 143 cm³/mol. The summed E-state index contributed by atoms with van der Waals surface area (Å²) in [7, 11) is 0. The van der Waals surface area contributed by atoms with Crippen LogP contribution in [0.15, 0.2) is 48.5 Å². The summed E-state index contributed by atoms with van der Waals surface area (Å²) in [6.45, 7) is 4.56. The van der Waals surface area contributed by atoms with Gasteiger partial charge < -0.3 is 0 Å². The number of benzene rings is 2. The number of para-hydroxylation sites is 2. The average molecular weight is 557 g/mol. The van der Waals surface area contributed by atoms with Gasteiger partial charge in [0.1, 0.15) is 0 Å². The fraction of sp³-hybridized carbons (Fsp3) is 0.600. The molecule has 2 aromatic rings. The third-order valence-corrected chi connectivity index (χ3v) is 8.08. The molecule has 0 unspecified atom stereocenters. The summed E-state index contributed by atoms with van der Waals surface area (Å²) in [6, 6.07) is 17.1. The van der Waals surface area contributed by atoms with E-state index in [1.807, 2.05) is 0 Å². The Hall–Kier alpha value is -1.16. The molecule has 0 aliphatic heterocycles. The van der Waals surface area contributed by atoms with Crippen molar-refractivity contribution in [2.75, 3.05) is 0 Å². The van der Waals surface area contributed by atoms with Crippen molar-refractivity contribution in [1.82, 2.24) is 0 Å². The Labute approximate surface area is 215 Å². The van der Waals surface area contributed by atoms with E-state index in [-0.39, 0.29) is 0 Å². The molecule has 182 valence electrons. The molecule has 0 aliphatic carbocycles. The van der Waals surface area contributed by atoms with Gasteiger partial charge in [0.15, 0.2) is 0 Å². The molecule has 33 heavy (non-hydrogen) atoms. The van der Waals surface area contributed by atoms with Gasteiger partial charge in [0.05, 0.1) is 0 Å². The zero-order valence-corrected chi connectivity index (χ0v) is 24.1. The SMILES string of the molecule is CCCCCCCCCc1ccccc1[O][Sn][O]c1ccccc1CCCCCCCCC. The first-order valence-electron chi connectivity index (χ1n) is 13.6. The summed E-state index contributed by atoms with van der Waals surface area (Å²) in [6.07, 6.45) is 21.0. The molecule has 2 aromatic carbocycles. The van der Waals surface area contributed by atoms with Crippen LogP contribution >= 0.6 is 0 Å². The third-order valence-electron chi connectivity index (χ3n) is 6.35. The van der Waals surface area contributed by atoms with Crippen molar-refractivity contribution in [2.45, 2.75) is 117 Å². The van der Waals surface area contributed by atoms with Gasteiger partial charge in [-0.05, 0) is 0 Å². The summed E-state index contributed by atoms with van der Waals surface area (Å²) in [5.74, 6) is 2.08. The monoisotopic (exact) mass is 558 g/mol. The predicted octanol–water partition coefficient (Wildman–Crippen LogP) is 9.26. The molecule has 0 saturated heterocycles. The summed E-state index contributed by atoms with van der Waals surface area (Å²) >= 11 is -1.42. The standard InChI is InChI=1S/2C15H24O.Sn/c2*1-2-3-4-5-6-7-8-11-14-12-9-10-13-15(14)16;/h2*9-10,12-13,16H,2-8,11H2,1H3;/q;;+2/p-2. The van der Waals surface area contributed by atoms with Crippen molar-refractivity contribution in [3.63, 3.8) is 0 Å². The van der Waals surface area contributed by atoms with Crippen LogP contribution < -0.4 is 6.15 Å². The molecule has 0 aromatic heterocycles. The Bertz CT molecular complexity index is 669. The number of hydrogen-bond donors (Lipinski definition) is 0. The van der Waals surface area contributed by atoms with Crippen LogP contribution in [-0.2, 0) is 12.8 Å². The first-order chi connectivity index (χ1) is 16.3. The van der Waals surface area contributed by atoms with E-state index in [2.05, 4.69) is 62.4 Å². The van der Waals surface area contributed by atoms with Crippen molar-refractivity contribution >= 4 is 22.0 Å². The number of aryl methyl sites for hydroxylation is 2. The molecule has 2 radical (unpaired) electrons. The van der Waals surface area contributed by atoms with Gasteiger partial charge in [-0.2, -0.15) is 0 Å². The molecule has 0 amide bonds. The molecule has 2 rings (SSSR count). The van der Waals surface area contributed by atoms with Crippen LogP contribution in [0.5, 0.6) is 11.5 Å². The quantitative estimate of drug-likeness (QED) is 0.119. The summed E-state index contributed by atoms with van der Waals surface area (Å²) in [5.41, 5.74) is 2.68. The zero-order valence-electron chi connectivity index (χ0n) is 21.2. The van der Waals surface area contributed by atoms with E-state index < -0.39 is 22.0 Å². The van der Waals surface area contributed by atoms with Crippen LogP contribution in [0.1, 0.15) is 115 Å². The van der Waals surface area contributed by atoms with Gasteiger partial charge >= 0.3 is 216 Å². The van der Waals surface area contributed by atoms with E-state index in [1.165, 1.54) is 101 Å². The fourth-order valence-corrected chi connectivity index (χ4v) is 6.04. The van der Waals surface area contributed by atoms with Crippen molar-refractivity contribution in [2.24, 2.45) is 0 Å². The summed E-state index contributed by atoms with van der Waals surface area (Å²) < 4.78 is 12.5. The Morgan fingerprint density at radius 3 is 1.27 bits per heavy atom. The van der Waals surface area contributed by atoms with Gasteiger partial charge in [0.2, 0.25) is 0 Å².